The molecule has 0 unspecified atom stereocenters. The van der Waals surface area contributed by atoms with Crippen LogP contribution >= 0.6 is 0 Å². The Kier molecular flexibility index (Phi) is 4.27. The summed E-state index contributed by atoms with van der Waals surface area (Å²) in [5.74, 6) is 0.627. The van der Waals surface area contributed by atoms with E-state index in [0.717, 1.165) is 27.2 Å². The number of phenolic OH excluding ortho intramolecular Hbond substituents is 1. The summed E-state index contributed by atoms with van der Waals surface area (Å²) >= 11 is 0. The third-order valence-corrected chi connectivity index (χ3v) is 4.70. The lowest BCUT2D eigenvalue weighted by atomic mass is 10.00. The van der Waals surface area contributed by atoms with Gasteiger partial charge in [0.25, 0.3) is 0 Å². The minimum atomic E-state index is 0.150. The summed E-state index contributed by atoms with van der Waals surface area (Å²) < 4.78 is 6.04. The highest BCUT2D eigenvalue weighted by atomic mass is 16.5. The number of anilines is 1. The maximum absolute atomic E-state index is 10.8. The molecule has 0 aliphatic heterocycles. The highest BCUT2D eigenvalue weighted by molar-refractivity contribution is 6.13. The van der Waals surface area contributed by atoms with Gasteiger partial charge < -0.3 is 14.7 Å². The van der Waals surface area contributed by atoms with Crippen molar-refractivity contribution in [3.8, 4) is 17.6 Å². The Morgan fingerprint density at radius 3 is 2.04 bits per heavy atom. The molecule has 0 spiro atoms. The van der Waals surface area contributed by atoms with Gasteiger partial charge >= 0.3 is 0 Å². The predicted octanol–water partition coefficient (Wildman–Crippen LogP) is 5.04. The SMILES string of the molecule is CN(COc1c(O)c2ccccc2c2ccccc12)c1ccc(C#N)cc1. The molecule has 0 atom stereocenters. The van der Waals surface area contributed by atoms with Crippen LogP contribution in [-0.2, 0) is 0 Å². The molecule has 1 N–H and O–H groups in total. The molecule has 132 valence electrons. The van der Waals surface area contributed by atoms with Crippen LogP contribution in [0.5, 0.6) is 11.5 Å². The van der Waals surface area contributed by atoms with Gasteiger partial charge in [0.2, 0.25) is 0 Å². The fourth-order valence-electron chi connectivity index (χ4n) is 3.26. The number of benzene rings is 4. The summed E-state index contributed by atoms with van der Waals surface area (Å²) in [7, 11) is 1.90. The monoisotopic (exact) mass is 354 g/mol. The van der Waals surface area contributed by atoms with Crippen molar-refractivity contribution in [1.82, 2.24) is 0 Å². The Morgan fingerprint density at radius 2 is 1.41 bits per heavy atom. The summed E-state index contributed by atoms with van der Waals surface area (Å²) in [4.78, 5) is 1.92. The number of fused-ring (bicyclic) bond motifs is 3. The summed E-state index contributed by atoms with van der Waals surface area (Å²) in [6, 6.07) is 25.1. The lowest BCUT2D eigenvalue weighted by molar-refractivity contribution is 0.308. The molecule has 0 bridgehead atoms. The van der Waals surface area contributed by atoms with Gasteiger partial charge in [0.1, 0.15) is 0 Å². The Labute approximate surface area is 157 Å². The van der Waals surface area contributed by atoms with Crippen molar-refractivity contribution in [2.45, 2.75) is 0 Å². The molecule has 4 nitrogen and oxygen atoms in total. The summed E-state index contributed by atoms with van der Waals surface area (Å²) in [6.45, 7) is 0.266. The third-order valence-electron chi connectivity index (χ3n) is 4.70. The number of phenols is 1. The number of rotatable bonds is 4. The largest absolute Gasteiger partial charge is 0.504 e. The molecule has 0 aliphatic carbocycles. The number of hydrogen-bond donors (Lipinski definition) is 1. The lowest BCUT2D eigenvalue weighted by Crippen LogP contribution is -2.23. The van der Waals surface area contributed by atoms with Crippen molar-refractivity contribution in [3.63, 3.8) is 0 Å². The second-order valence-electron chi connectivity index (χ2n) is 6.40. The molecule has 4 heteroatoms. The van der Waals surface area contributed by atoms with Crippen molar-refractivity contribution in [3.05, 3.63) is 78.4 Å². The van der Waals surface area contributed by atoms with Gasteiger partial charge in [-0.1, -0.05) is 48.5 Å². The Morgan fingerprint density at radius 1 is 0.852 bits per heavy atom. The zero-order chi connectivity index (χ0) is 18.8. The summed E-state index contributed by atoms with van der Waals surface area (Å²) in [5, 5.41) is 23.4. The maximum Gasteiger partial charge on any atom is 0.172 e. The van der Waals surface area contributed by atoms with E-state index in [1.807, 2.05) is 72.6 Å². The van der Waals surface area contributed by atoms with E-state index in [1.165, 1.54) is 0 Å². The van der Waals surface area contributed by atoms with E-state index in [0.29, 0.717) is 11.3 Å². The van der Waals surface area contributed by atoms with Gasteiger partial charge in [-0.15, -0.1) is 0 Å². The van der Waals surface area contributed by atoms with Crippen molar-refractivity contribution in [1.29, 1.82) is 5.26 Å². The smallest absolute Gasteiger partial charge is 0.172 e. The Balaban J connectivity index is 1.70. The van der Waals surface area contributed by atoms with E-state index in [2.05, 4.69) is 6.07 Å². The molecule has 0 saturated carbocycles. The quantitative estimate of drug-likeness (QED) is 0.412. The van der Waals surface area contributed by atoms with Crippen molar-refractivity contribution < 1.29 is 9.84 Å². The highest BCUT2D eigenvalue weighted by Crippen LogP contribution is 2.42. The number of nitrogens with zero attached hydrogens (tertiary/aromatic N) is 2. The molecule has 27 heavy (non-hydrogen) atoms. The second-order valence-corrected chi connectivity index (χ2v) is 6.40. The standard InChI is InChI=1S/C23H18N2O2/c1-25(17-12-10-16(14-24)11-13-17)15-27-23-21-9-5-3-7-19(21)18-6-2-4-8-20(18)22(23)26/h2-13,26H,15H2,1H3. The number of ether oxygens (including phenoxy) is 1. The molecule has 4 aromatic carbocycles. The van der Waals surface area contributed by atoms with E-state index in [-0.39, 0.29) is 12.5 Å². The maximum atomic E-state index is 10.8. The van der Waals surface area contributed by atoms with Gasteiger partial charge in [-0.2, -0.15) is 5.26 Å². The first-order valence-electron chi connectivity index (χ1n) is 8.65. The lowest BCUT2D eigenvalue weighted by Gasteiger charge is -2.21. The van der Waals surface area contributed by atoms with Crippen molar-refractivity contribution in [2.24, 2.45) is 0 Å². The van der Waals surface area contributed by atoms with Gasteiger partial charge in [0.15, 0.2) is 18.2 Å². The van der Waals surface area contributed by atoms with Crippen molar-refractivity contribution >= 4 is 27.2 Å². The molecular formula is C23H18N2O2. The number of hydrogen-bond acceptors (Lipinski definition) is 4. The third kappa shape index (κ3) is 3.00. The van der Waals surface area contributed by atoms with Gasteiger partial charge in [0, 0.05) is 23.5 Å². The molecule has 4 aromatic rings. The van der Waals surface area contributed by atoms with Crippen LogP contribution < -0.4 is 9.64 Å². The van der Waals surface area contributed by atoms with E-state index in [1.54, 1.807) is 12.1 Å². The Bertz CT molecular complexity index is 1160. The van der Waals surface area contributed by atoms with E-state index in [4.69, 9.17) is 10.00 Å². The molecule has 0 saturated heterocycles. The van der Waals surface area contributed by atoms with E-state index in [9.17, 15) is 5.11 Å². The molecular weight excluding hydrogens is 336 g/mol. The fourth-order valence-corrected chi connectivity index (χ4v) is 3.26. The fraction of sp³-hybridized carbons (Fsp3) is 0.0870. The van der Waals surface area contributed by atoms with Gasteiger partial charge in [0.05, 0.1) is 11.6 Å². The van der Waals surface area contributed by atoms with Crippen LogP contribution in [0.25, 0.3) is 21.5 Å². The molecule has 0 amide bonds. The zero-order valence-corrected chi connectivity index (χ0v) is 14.9. The van der Waals surface area contributed by atoms with Crippen LogP contribution in [0.2, 0.25) is 0 Å². The summed E-state index contributed by atoms with van der Waals surface area (Å²) in [5.41, 5.74) is 1.55. The first-order chi connectivity index (χ1) is 13.2. The van der Waals surface area contributed by atoms with Crippen molar-refractivity contribution in [2.75, 3.05) is 18.7 Å². The first kappa shape index (κ1) is 16.7. The van der Waals surface area contributed by atoms with Gasteiger partial charge in [-0.05, 0) is 35.0 Å². The average molecular weight is 354 g/mol. The molecule has 0 heterocycles. The number of aromatic hydroxyl groups is 1. The second kappa shape index (κ2) is 6.89. The zero-order valence-electron chi connectivity index (χ0n) is 14.9. The molecule has 0 aromatic heterocycles. The van der Waals surface area contributed by atoms with E-state index < -0.39 is 0 Å². The predicted molar refractivity (Wildman–Crippen MR) is 108 cm³/mol. The number of nitriles is 1. The van der Waals surface area contributed by atoms with Crippen LogP contribution in [0, 0.1) is 11.3 Å². The topological polar surface area (TPSA) is 56.5 Å². The minimum Gasteiger partial charge on any atom is -0.504 e. The molecule has 4 rings (SSSR count). The molecule has 0 aliphatic rings. The van der Waals surface area contributed by atoms with Crippen LogP contribution in [0.3, 0.4) is 0 Å². The van der Waals surface area contributed by atoms with E-state index >= 15 is 0 Å². The first-order valence-corrected chi connectivity index (χ1v) is 8.65. The average Bonchev–Trinajstić information content (AvgIpc) is 2.73. The van der Waals surface area contributed by atoms with Gasteiger partial charge in [-0.3, -0.25) is 0 Å². The summed E-state index contributed by atoms with van der Waals surface area (Å²) in [6.07, 6.45) is 0. The van der Waals surface area contributed by atoms with Crippen LogP contribution in [0.4, 0.5) is 5.69 Å². The van der Waals surface area contributed by atoms with Crippen LogP contribution in [0.15, 0.2) is 72.8 Å². The minimum absolute atomic E-state index is 0.150. The Hall–Kier alpha value is -3.71. The normalized spacial score (nSPS) is 10.7. The molecule has 0 fully saturated rings. The van der Waals surface area contributed by atoms with Crippen LogP contribution in [-0.4, -0.2) is 18.9 Å². The highest BCUT2D eigenvalue weighted by Gasteiger charge is 2.15. The van der Waals surface area contributed by atoms with Gasteiger partial charge in [-0.25, -0.2) is 0 Å². The van der Waals surface area contributed by atoms with Crippen LogP contribution in [0.1, 0.15) is 5.56 Å². The molecule has 0 radical (unpaired) electrons.